The van der Waals surface area contributed by atoms with Crippen molar-refractivity contribution in [3.8, 4) is 0 Å². The van der Waals surface area contributed by atoms with Crippen molar-refractivity contribution in [1.29, 1.82) is 0 Å². The Morgan fingerprint density at radius 2 is 2.00 bits per heavy atom. The van der Waals surface area contributed by atoms with Crippen molar-refractivity contribution in [2.24, 2.45) is 11.6 Å². The lowest BCUT2D eigenvalue weighted by atomic mass is 10.6. The van der Waals surface area contributed by atoms with Crippen LogP contribution in [0.4, 0.5) is 4.79 Å². The molecule has 50 valence electrons. The fourth-order valence-electron chi connectivity index (χ4n) is 0.207. The number of primary amides is 1. The van der Waals surface area contributed by atoms with E-state index in [9.17, 15) is 9.59 Å². The van der Waals surface area contributed by atoms with Gasteiger partial charge in [-0.05, 0) is 6.08 Å². The molecule has 0 aromatic carbocycles. The van der Waals surface area contributed by atoms with E-state index in [1.54, 1.807) is 0 Å². The van der Waals surface area contributed by atoms with Gasteiger partial charge in [0.15, 0.2) is 0 Å². The lowest BCUT2D eigenvalue weighted by molar-refractivity contribution is -0.123. The molecule has 0 aromatic rings. The van der Waals surface area contributed by atoms with E-state index in [1.165, 1.54) is 0 Å². The number of carbonyl (C=O) groups excluding carboxylic acids is 2. The molecule has 0 spiro atoms. The number of nitrogens with zero attached hydrogens (tertiary/aromatic N) is 1. The Morgan fingerprint density at radius 1 is 1.56 bits per heavy atom. The maximum Gasteiger partial charge on any atom is 0.336 e. The monoisotopic (exact) mass is 129 g/mol. The predicted molar refractivity (Wildman–Crippen MR) is 30.8 cm³/mol. The molecular formula is C4H7N3O2. The molecule has 0 fully saturated rings. The molecule has 4 N–H and O–H groups in total. The van der Waals surface area contributed by atoms with Crippen LogP contribution in [0.3, 0.4) is 0 Å². The molecule has 0 aliphatic carbocycles. The lowest BCUT2D eigenvalue weighted by Gasteiger charge is -2.06. The second kappa shape index (κ2) is 2.83. The normalized spacial score (nSPS) is 8.11. The highest BCUT2D eigenvalue weighted by molar-refractivity contribution is 5.98. The smallest absolute Gasteiger partial charge is 0.336 e. The van der Waals surface area contributed by atoms with Crippen LogP contribution in [-0.2, 0) is 4.79 Å². The summed E-state index contributed by atoms with van der Waals surface area (Å²) in [4.78, 5) is 20.4. The summed E-state index contributed by atoms with van der Waals surface area (Å²) >= 11 is 0. The van der Waals surface area contributed by atoms with E-state index in [0.717, 1.165) is 6.08 Å². The summed E-state index contributed by atoms with van der Waals surface area (Å²) in [6.45, 7) is 3.09. The molecule has 0 radical (unpaired) electrons. The fraction of sp³-hybridized carbons (Fsp3) is 0. The number of rotatable bonds is 1. The standard InChI is InChI=1S/C4H7N3O2/c1-2-3(8)7(6)4(5)9/h2H,1,6H2,(H2,5,9). The Labute approximate surface area is 51.9 Å². The van der Waals surface area contributed by atoms with Gasteiger partial charge in [-0.15, -0.1) is 0 Å². The molecule has 5 nitrogen and oxygen atoms in total. The van der Waals surface area contributed by atoms with Crippen LogP contribution in [0.5, 0.6) is 0 Å². The first-order valence-electron chi connectivity index (χ1n) is 2.10. The van der Waals surface area contributed by atoms with Crippen LogP contribution >= 0.6 is 0 Å². The number of imide groups is 1. The first-order chi connectivity index (χ1) is 4.09. The van der Waals surface area contributed by atoms with Crippen LogP contribution in [0.15, 0.2) is 12.7 Å². The second-order valence-electron chi connectivity index (χ2n) is 1.25. The van der Waals surface area contributed by atoms with Crippen molar-refractivity contribution in [1.82, 2.24) is 5.01 Å². The summed E-state index contributed by atoms with van der Waals surface area (Å²) < 4.78 is 0. The molecule has 5 heteroatoms. The molecule has 9 heavy (non-hydrogen) atoms. The maximum absolute atomic E-state index is 10.3. The molecule has 0 aromatic heterocycles. The Hall–Kier alpha value is -1.36. The van der Waals surface area contributed by atoms with E-state index in [-0.39, 0.29) is 5.01 Å². The molecule has 0 atom stereocenters. The van der Waals surface area contributed by atoms with E-state index in [4.69, 9.17) is 5.84 Å². The van der Waals surface area contributed by atoms with Crippen molar-refractivity contribution < 1.29 is 9.59 Å². The predicted octanol–water partition coefficient (Wildman–Crippen LogP) is -1.05. The molecule has 0 rings (SSSR count). The Bertz CT molecular complexity index is 154. The molecule has 0 saturated heterocycles. The van der Waals surface area contributed by atoms with Gasteiger partial charge in [0.05, 0.1) is 0 Å². The van der Waals surface area contributed by atoms with Gasteiger partial charge in [0, 0.05) is 0 Å². The van der Waals surface area contributed by atoms with Crippen LogP contribution in [0, 0.1) is 0 Å². The Balaban J connectivity index is 4.03. The van der Waals surface area contributed by atoms with Crippen molar-refractivity contribution in [3.05, 3.63) is 12.7 Å². The number of urea groups is 1. The summed E-state index contributed by atoms with van der Waals surface area (Å²) in [5, 5.41) is 0.271. The first-order valence-corrected chi connectivity index (χ1v) is 2.10. The van der Waals surface area contributed by atoms with Crippen molar-refractivity contribution in [2.45, 2.75) is 0 Å². The van der Waals surface area contributed by atoms with Gasteiger partial charge in [0.2, 0.25) is 0 Å². The molecule has 0 saturated carbocycles. The van der Waals surface area contributed by atoms with Gasteiger partial charge in [-0.1, -0.05) is 6.58 Å². The fourth-order valence-corrected chi connectivity index (χ4v) is 0.207. The van der Waals surface area contributed by atoms with Gasteiger partial charge in [-0.3, -0.25) is 4.79 Å². The molecule has 0 aliphatic rings. The average Bonchev–Trinajstić information content (AvgIpc) is 1.84. The van der Waals surface area contributed by atoms with E-state index < -0.39 is 11.9 Å². The van der Waals surface area contributed by atoms with Gasteiger partial charge in [0.25, 0.3) is 5.91 Å². The Morgan fingerprint density at radius 3 is 2.11 bits per heavy atom. The summed E-state index contributed by atoms with van der Waals surface area (Å²) in [6.07, 6.45) is 0.894. The van der Waals surface area contributed by atoms with Crippen molar-refractivity contribution >= 4 is 11.9 Å². The van der Waals surface area contributed by atoms with Crippen molar-refractivity contribution in [2.75, 3.05) is 0 Å². The zero-order valence-corrected chi connectivity index (χ0v) is 4.70. The third-order valence-electron chi connectivity index (χ3n) is 0.649. The van der Waals surface area contributed by atoms with Crippen LogP contribution in [-0.4, -0.2) is 16.9 Å². The van der Waals surface area contributed by atoms with E-state index >= 15 is 0 Å². The Kier molecular flexibility index (Phi) is 2.40. The zero-order chi connectivity index (χ0) is 7.44. The molecule has 3 amide bonds. The number of hydrogen-bond acceptors (Lipinski definition) is 3. The van der Waals surface area contributed by atoms with Crippen LogP contribution in [0.25, 0.3) is 0 Å². The van der Waals surface area contributed by atoms with Gasteiger partial charge in [-0.25, -0.2) is 10.6 Å². The SMILES string of the molecule is C=CC(=O)N(N)C(N)=O. The zero-order valence-electron chi connectivity index (χ0n) is 4.70. The molecule has 0 aliphatic heterocycles. The van der Waals surface area contributed by atoms with E-state index in [0.29, 0.717) is 0 Å². The van der Waals surface area contributed by atoms with Crippen LogP contribution in [0.2, 0.25) is 0 Å². The highest BCUT2D eigenvalue weighted by Gasteiger charge is 2.08. The number of carbonyl (C=O) groups is 2. The number of hydrogen-bond donors (Lipinski definition) is 2. The summed E-state index contributed by atoms with van der Waals surface area (Å²) in [7, 11) is 0. The minimum atomic E-state index is -1.00. The third kappa shape index (κ3) is 1.92. The summed E-state index contributed by atoms with van der Waals surface area (Å²) in [5.41, 5.74) is 4.61. The quantitative estimate of drug-likeness (QED) is 0.205. The number of nitrogens with two attached hydrogens (primary N) is 2. The van der Waals surface area contributed by atoms with Gasteiger partial charge in [-0.2, -0.15) is 5.01 Å². The van der Waals surface area contributed by atoms with E-state index in [1.807, 2.05) is 0 Å². The van der Waals surface area contributed by atoms with E-state index in [2.05, 4.69) is 12.3 Å². The molecular weight excluding hydrogens is 122 g/mol. The topological polar surface area (TPSA) is 89.4 Å². The van der Waals surface area contributed by atoms with Crippen molar-refractivity contribution in [3.63, 3.8) is 0 Å². The highest BCUT2D eigenvalue weighted by Crippen LogP contribution is 1.78. The average molecular weight is 129 g/mol. The van der Waals surface area contributed by atoms with Gasteiger partial charge in [0.1, 0.15) is 0 Å². The largest absolute Gasteiger partial charge is 0.350 e. The van der Waals surface area contributed by atoms with Crippen LogP contribution < -0.4 is 11.6 Å². The summed E-state index contributed by atoms with van der Waals surface area (Å²) in [5.74, 6) is 4.09. The molecule has 0 bridgehead atoms. The maximum atomic E-state index is 10.3. The third-order valence-corrected chi connectivity index (χ3v) is 0.649. The van der Waals surface area contributed by atoms with Gasteiger partial charge >= 0.3 is 6.03 Å². The molecule has 0 unspecified atom stereocenters. The highest BCUT2D eigenvalue weighted by atomic mass is 16.2. The number of hydrazine groups is 1. The van der Waals surface area contributed by atoms with Crippen LogP contribution in [0.1, 0.15) is 0 Å². The number of amides is 3. The minimum Gasteiger partial charge on any atom is -0.350 e. The summed E-state index contributed by atoms with van der Waals surface area (Å²) in [6, 6.07) is -1.00. The first kappa shape index (κ1) is 7.64. The molecule has 0 heterocycles. The van der Waals surface area contributed by atoms with Gasteiger partial charge < -0.3 is 5.73 Å². The second-order valence-corrected chi connectivity index (χ2v) is 1.25. The lowest BCUT2D eigenvalue weighted by Crippen LogP contribution is -2.44. The minimum absolute atomic E-state index is 0.271.